The minimum atomic E-state index is -1.52. The smallest absolute Gasteiger partial charge is 0.269 e. The van der Waals surface area contributed by atoms with Crippen LogP contribution in [0.5, 0.6) is 0 Å². The van der Waals surface area contributed by atoms with Crippen LogP contribution in [0.4, 0.5) is 17.1 Å². The molecule has 0 bridgehead atoms. The molecular formula is C34H23Cl2N3O5. The van der Waals surface area contributed by atoms with Crippen molar-refractivity contribution in [3.63, 3.8) is 0 Å². The first-order valence-corrected chi connectivity index (χ1v) is 14.6. The van der Waals surface area contributed by atoms with E-state index in [-0.39, 0.29) is 21.8 Å². The predicted octanol–water partition coefficient (Wildman–Crippen LogP) is 7.15. The number of rotatable bonds is 5. The van der Waals surface area contributed by atoms with Crippen molar-refractivity contribution in [2.24, 2.45) is 5.92 Å². The van der Waals surface area contributed by atoms with E-state index < -0.39 is 45.8 Å². The number of anilines is 2. The Morgan fingerprint density at radius 2 is 1.64 bits per heavy atom. The molecule has 7 rings (SSSR count). The number of nitro groups is 1. The van der Waals surface area contributed by atoms with Crippen molar-refractivity contribution < 1.29 is 19.3 Å². The highest BCUT2D eigenvalue weighted by molar-refractivity contribution is 6.37. The molecule has 0 aromatic heterocycles. The van der Waals surface area contributed by atoms with Crippen LogP contribution in [0.1, 0.15) is 38.8 Å². The third-order valence-electron chi connectivity index (χ3n) is 8.99. The highest BCUT2D eigenvalue weighted by atomic mass is 35.5. The van der Waals surface area contributed by atoms with E-state index in [9.17, 15) is 24.5 Å². The first kappa shape index (κ1) is 28.0. The quantitative estimate of drug-likeness (QED) is 0.144. The Balaban J connectivity index is 1.54. The third kappa shape index (κ3) is 3.87. The fourth-order valence-corrected chi connectivity index (χ4v) is 7.66. The molecule has 4 aromatic rings. The van der Waals surface area contributed by atoms with Gasteiger partial charge in [0.2, 0.25) is 5.91 Å². The summed E-state index contributed by atoms with van der Waals surface area (Å²) in [6, 6.07) is 22.7. The van der Waals surface area contributed by atoms with E-state index in [1.807, 2.05) is 48.2 Å². The van der Waals surface area contributed by atoms with Gasteiger partial charge in [0.25, 0.3) is 5.69 Å². The Kier molecular flexibility index (Phi) is 6.46. The number of para-hydroxylation sites is 2. The molecule has 3 aliphatic rings. The summed E-state index contributed by atoms with van der Waals surface area (Å²) in [5.74, 6) is -2.59. The van der Waals surface area contributed by atoms with Crippen LogP contribution in [0, 0.1) is 16.0 Å². The van der Waals surface area contributed by atoms with Crippen molar-refractivity contribution in [1.29, 1.82) is 0 Å². The SMILES string of the molecule is CC1=C[C@@H]2N(c3ccccc31)[C@H](C(=O)c1ccc([N+](=O)[O-])cc1)[C@@H](C(=O)c1ccc(Cl)cc1Cl)[C@@]21C(=O)Nc2ccccc21. The fraction of sp³-hybridized carbons (Fsp3) is 0.147. The Labute approximate surface area is 262 Å². The number of Topliss-reactive ketones (excluding diaryl/α,β-unsaturated/α-hetero) is 2. The number of amides is 1. The normalized spacial score (nSPS) is 23.0. The number of nitrogens with one attached hydrogen (secondary N) is 1. The minimum Gasteiger partial charge on any atom is -0.352 e. The van der Waals surface area contributed by atoms with E-state index in [2.05, 4.69) is 5.32 Å². The van der Waals surface area contributed by atoms with E-state index in [0.29, 0.717) is 22.0 Å². The molecule has 4 aromatic carbocycles. The molecule has 4 atom stereocenters. The maximum absolute atomic E-state index is 14.9. The summed E-state index contributed by atoms with van der Waals surface area (Å²) in [7, 11) is 0. The van der Waals surface area contributed by atoms with Crippen LogP contribution in [0.3, 0.4) is 0 Å². The lowest BCUT2D eigenvalue weighted by molar-refractivity contribution is -0.384. The van der Waals surface area contributed by atoms with Crippen molar-refractivity contribution in [3.05, 3.63) is 139 Å². The van der Waals surface area contributed by atoms with Gasteiger partial charge >= 0.3 is 0 Å². The molecule has 44 heavy (non-hydrogen) atoms. The van der Waals surface area contributed by atoms with E-state index in [1.54, 1.807) is 24.3 Å². The molecule has 0 unspecified atom stereocenters. The van der Waals surface area contributed by atoms with Crippen molar-refractivity contribution >= 4 is 63.3 Å². The Hall–Kier alpha value is -4.79. The maximum atomic E-state index is 14.9. The van der Waals surface area contributed by atoms with Crippen LogP contribution in [-0.2, 0) is 10.2 Å². The summed E-state index contributed by atoms with van der Waals surface area (Å²) in [5.41, 5.74) is 2.24. The molecule has 8 nitrogen and oxygen atoms in total. The zero-order valence-corrected chi connectivity index (χ0v) is 24.7. The highest BCUT2D eigenvalue weighted by Crippen LogP contribution is 2.59. The summed E-state index contributed by atoms with van der Waals surface area (Å²) in [4.78, 5) is 56.8. The number of hydrogen-bond donors (Lipinski definition) is 1. The van der Waals surface area contributed by atoms with E-state index in [0.717, 1.165) is 11.1 Å². The predicted molar refractivity (Wildman–Crippen MR) is 169 cm³/mol. The number of non-ortho nitro benzene ring substituents is 1. The molecule has 218 valence electrons. The second kappa shape index (κ2) is 10.1. The van der Waals surface area contributed by atoms with Gasteiger partial charge in [-0.25, -0.2) is 0 Å². The molecule has 3 aliphatic heterocycles. The molecule has 0 saturated carbocycles. The van der Waals surface area contributed by atoms with Crippen molar-refractivity contribution in [1.82, 2.24) is 0 Å². The topological polar surface area (TPSA) is 110 Å². The first-order chi connectivity index (χ1) is 21.1. The summed E-state index contributed by atoms with van der Waals surface area (Å²) in [6.07, 6.45) is 1.96. The number of allylic oxidation sites excluding steroid dienone is 1. The summed E-state index contributed by atoms with van der Waals surface area (Å²) < 4.78 is 0. The second-order valence-corrected chi connectivity index (χ2v) is 12.0. The van der Waals surface area contributed by atoms with Gasteiger partial charge in [-0.2, -0.15) is 0 Å². The van der Waals surface area contributed by atoms with E-state index in [1.165, 1.54) is 36.4 Å². The monoisotopic (exact) mass is 623 g/mol. The fourth-order valence-electron chi connectivity index (χ4n) is 7.16. The average molecular weight is 624 g/mol. The number of nitro benzene ring substituents is 1. The molecule has 3 heterocycles. The highest BCUT2D eigenvalue weighted by Gasteiger charge is 2.70. The van der Waals surface area contributed by atoms with Crippen molar-refractivity contribution in [2.45, 2.75) is 24.4 Å². The lowest BCUT2D eigenvalue weighted by atomic mass is 9.64. The van der Waals surface area contributed by atoms with Gasteiger partial charge in [-0.15, -0.1) is 0 Å². The summed E-state index contributed by atoms with van der Waals surface area (Å²) >= 11 is 12.8. The first-order valence-electron chi connectivity index (χ1n) is 13.9. The Morgan fingerprint density at radius 1 is 0.932 bits per heavy atom. The Morgan fingerprint density at radius 3 is 2.36 bits per heavy atom. The van der Waals surface area contributed by atoms with E-state index in [4.69, 9.17) is 23.2 Å². The van der Waals surface area contributed by atoms with Gasteiger partial charge in [0.15, 0.2) is 11.6 Å². The molecule has 1 N–H and O–H groups in total. The van der Waals surface area contributed by atoms with Crippen molar-refractivity contribution in [2.75, 3.05) is 10.2 Å². The third-order valence-corrected chi connectivity index (χ3v) is 9.54. The van der Waals surface area contributed by atoms with E-state index >= 15 is 0 Å². The zero-order valence-electron chi connectivity index (χ0n) is 23.2. The number of fused-ring (bicyclic) bond motifs is 6. The van der Waals surface area contributed by atoms with Gasteiger partial charge in [0, 0.05) is 45.2 Å². The largest absolute Gasteiger partial charge is 0.352 e. The molecule has 1 amide bonds. The second-order valence-electron chi connectivity index (χ2n) is 11.2. The number of carbonyl (C=O) groups is 3. The number of hydrogen-bond acceptors (Lipinski definition) is 6. The molecule has 1 saturated heterocycles. The lowest BCUT2D eigenvalue weighted by Crippen LogP contribution is -2.51. The molecule has 1 spiro atoms. The molecule has 10 heteroatoms. The maximum Gasteiger partial charge on any atom is 0.269 e. The van der Waals surface area contributed by atoms with Crippen molar-refractivity contribution in [3.8, 4) is 0 Å². The molecule has 0 aliphatic carbocycles. The van der Waals surface area contributed by atoms with Gasteiger partial charge in [0.1, 0.15) is 11.5 Å². The van der Waals surface area contributed by atoms with Crippen LogP contribution in [-0.4, -0.2) is 34.5 Å². The molecular weight excluding hydrogens is 601 g/mol. The van der Waals surface area contributed by atoms with Crippen LogP contribution < -0.4 is 10.2 Å². The van der Waals surface area contributed by atoms with Crippen LogP contribution in [0.2, 0.25) is 10.0 Å². The number of halogens is 2. The van der Waals surface area contributed by atoms with Crippen LogP contribution in [0.15, 0.2) is 97.1 Å². The standard InChI is InChI=1S/C34H23Cl2N3O5/c1-18-16-28-34(24-7-3-4-8-26(24)37-33(34)42)29(32(41)23-15-12-20(35)17-25(23)36)30(38(28)27-9-5-2-6-22(18)27)31(40)19-10-13-21(14-11-19)39(43)44/h2-17,28-30H,1H3,(H,37,42)/t28-,29-,30-,34-/m0/s1. The Bertz CT molecular complexity index is 1960. The van der Waals surface area contributed by atoms with Gasteiger partial charge in [-0.3, -0.25) is 24.5 Å². The van der Waals surface area contributed by atoms with Crippen LogP contribution >= 0.6 is 23.2 Å². The summed E-state index contributed by atoms with van der Waals surface area (Å²) in [6.45, 7) is 1.95. The zero-order chi connectivity index (χ0) is 30.9. The molecule has 0 radical (unpaired) electrons. The number of benzene rings is 4. The molecule has 1 fully saturated rings. The number of nitrogens with zero attached hydrogens (tertiary/aromatic N) is 2. The lowest BCUT2D eigenvalue weighted by Gasteiger charge is -2.39. The number of carbonyl (C=O) groups excluding carboxylic acids is 3. The van der Waals surface area contributed by atoms with Gasteiger partial charge < -0.3 is 10.2 Å². The van der Waals surface area contributed by atoms with Gasteiger partial charge in [-0.05, 0) is 60.5 Å². The van der Waals surface area contributed by atoms with Gasteiger partial charge in [-0.1, -0.05) is 65.7 Å². The van der Waals surface area contributed by atoms with Gasteiger partial charge in [0.05, 0.1) is 21.9 Å². The van der Waals surface area contributed by atoms with Crippen LogP contribution in [0.25, 0.3) is 5.57 Å². The number of ketones is 2. The summed E-state index contributed by atoms with van der Waals surface area (Å²) in [5, 5.41) is 14.8. The minimum absolute atomic E-state index is 0.0999. The average Bonchev–Trinajstić information content (AvgIpc) is 3.49.